The van der Waals surface area contributed by atoms with Crippen LogP contribution in [-0.2, 0) is 9.59 Å². The van der Waals surface area contributed by atoms with Crippen molar-refractivity contribution in [2.24, 2.45) is 0 Å². The monoisotopic (exact) mass is 496 g/mol. The first-order valence-corrected chi connectivity index (χ1v) is 12.5. The van der Waals surface area contributed by atoms with Gasteiger partial charge in [-0.3, -0.25) is 9.59 Å². The molecule has 2 N–H and O–H groups in total. The molecule has 2 aromatic carbocycles. The van der Waals surface area contributed by atoms with Crippen molar-refractivity contribution in [3.63, 3.8) is 0 Å². The Kier molecular flexibility index (Phi) is 4.78. The average molecular weight is 497 g/mol. The van der Waals surface area contributed by atoms with Crippen LogP contribution in [0.4, 0.5) is 0 Å². The number of fused-ring (bicyclic) bond motifs is 14. The van der Waals surface area contributed by atoms with Crippen molar-refractivity contribution in [2.75, 3.05) is 14.1 Å². The summed E-state index contributed by atoms with van der Waals surface area (Å²) in [6.07, 6.45) is 15.2. The van der Waals surface area contributed by atoms with Crippen molar-refractivity contribution in [3.8, 4) is 0 Å². The van der Waals surface area contributed by atoms with Crippen molar-refractivity contribution >= 4 is 34.1 Å². The topological polar surface area (TPSA) is 64.7 Å². The fourth-order valence-electron chi connectivity index (χ4n) is 5.58. The van der Waals surface area contributed by atoms with E-state index in [2.05, 4.69) is 22.8 Å². The van der Waals surface area contributed by atoms with E-state index in [1.165, 1.54) is 0 Å². The molecule has 0 amide bonds. The van der Waals surface area contributed by atoms with Crippen LogP contribution in [0, 0.1) is 0 Å². The molecule has 5 aliphatic rings. The van der Waals surface area contributed by atoms with Gasteiger partial charge in [-0.25, -0.2) is 0 Å². The van der Waals surface area contributed by atoms with Gasteiger partial charge in [-0.1, -0.05) is 72.8 Å². The van der Waals surface area contributed by atoms with Gasteiger partial charge in [0.2, 0.25) is 0 Å². The molecule has 2 aromatic rings. The molecule has 0 saturated carbocycles. The SMILES string of the molecule is CN1C=C2NC1=C1C=CC=C(C1=O)c1ccccc1C1=CC=CC(=C3NC(=CN3C)c3ccccc32)C1=O. The summed E-state index contributed by atoms with van der Waals surface area (Å²) in [7, 11) is 3.88. The Morgan fingerprint density at radius 3 is 1.39 bits per heavy atom. The Bertz CT molecular complexity index is 1600. The van der Waals surface area contributed by atoms with E-state index in [1.807, 2.05) is 109 Å². The predicted octanol–water partition coefficient (Wildman–Crippen LogP) is 4.54. The highest BCUT2D eigenvalue weighted by molar-refractivity contribution is 6.35. The van der Waals surface area contributed by atoms with Gasteiger partial charge in [0.15, 0.2) is 11.6 Å². The van der Waals surface area contributed by atoms with Gasteiger partial charge in [0.25, 0.3) is 0 Å². The van der Waals surface area contributed by atoms with E-state index < -0.39 is 0 Å². The van der Waals surface area contributed by atoms with Gasteiger partial charge in [0.05, 0.1) is 22.5 Å². The molecule has 0 saturated heterocycles. The zero-order valence-electron chi connectivity index (χ0n) is 20.9. The van der Waals surface area contributed by atoms with Crippen LogP contribution in [0.1, 0.15) is 22.3 Å². The van der Waals surface area contributed by atoms with Gasteiger partial charge in [-0.2, -0.15) is 0 Å². The third kappa shape index (κ3) is 3.20. The zero-order chi connectivity index (χ0) is 26.0. The van der Waals surface area contributed by atoms with Crippen LogP contribution in [0.2, 0.25) is 0 Å². The number of carbonyl (C=O) groups excluding carboxylic acids is 2. The molecule has 0 fully saturated rings. The van der Waals surface area contributed by atoms with Gasteiger partial charge < -0.3 is 20.4 Å². The number of hydrogen-bond donors (Lipinski definition) is 2. The molecule has 2 aliphatic carbocycles. The summed E-state index contributed by atoms with van der Waals surface area (Å²) in [6, 6.07) is 15.7. The van der Waals surface area contributed by atoms with Crippen LogP contribution in [0.15, 0.2) is 120 Å². The lowest BCUT2D eigenvalue weighted by Crippen LogP contribution is -2.24. The molecule has 0 unspecified atom stereocenters. The summed E-state index contributed by atoms with van der Waals surface area (Å²) < 4.78 is 0. The molecular formula is C32H24N4O2. The lowest BCUT2D eigenvalue weighted by Gasteiger charge is -2.22. The summed E-state index contributed by atoms with van der Waals surface area (Å²) in [5.74, 6) is 1.25. The quantitative estimate of drug-likeness (QED) is 0.559. The van der Waals surface area contributed by atoms with Crippen LogP contribution >= 0.6 is 0 Å². The largest absolute Gasteiger partial charge is 0.339 e. The summed E-state index contributed by atoms with van der Waals surface area (Å²) in [5.41, 5.74) is 7.47. The molecule has 8 bridgehead atoms. The third-order valence-corrected chi connectivity index (χ3v) is 7.41. The van der Waals surface area contributed by atoms with Crippen LogP contribution in [0.25, 0.3) is 22.5 Å². The fraction of sp³-hybridized carbons (Fsp3) is 0.0625. The molecule has 6 heteroatoms. The van der Waals surface area contributed by atoms with E-state index in [0.29, 0.717) is 22.3 Å². The van der Waals surface area contributed by atoms with Gasteiger partial charge >= 0.3 is 0 Å². The van der Waals surface area contributed by atoms with Crippen LogP contribution < -0.4 is 10.6 Å². The minimum absolute atomic E-state index is 0.0912. The van der Waals surface area contributed by atoms with E-state index in [-0.39, 0.29) is 11.6 Å². The van der Waals surface area contributed by atoms with Crippen molar-refractivity contribution < 1.29 is 9.59 Å². The predicted molar refractivity (Wildman–Crippen MR) is 149 cm³/mol. The second-order valence-corrected chi connectivity index (χ2v) is 9.71. The molecule has 184 valence electrons. The van der Waals surface area contributed by atoms with E-state index in [4.69, 9.17) is 0 Å². The Morgan fingerprint density at radius 1 is 0.579 bits per heavy atom. The minimum atomic E-state index is -0.0912. The maximum atomic E-state index is 14.0. The number of ketones is 2. The Morgan fingerprint density at radius 2 is 0.974 bits per heavy atom. The maximum absolute atomic E-state index is 14.0. The minimum Gasteiger partial charge on any atom is -0.339 e. The number of rotatable bonds is 0. The van der Waals surface area contributed by atoms with Crippen molar-refractivity contribution in [1.82, 2.24) is 20.4 Å². The molecule has 0 aromatic heterocycles. The molecule has 38 heavy (non-hydrogen) atoms. The summed E-state index contributed by atoms with van der Waals surface area (Å²) >= 11 is 0. The lowest BCUT2D eigenvalue weighted by atomic mass is 9.84. The van der Waals surface area contributed by atoms with Crippen LogP contribution in [-0.4, -0.2) is 35.5 Å². The zero-order valence-corrected chi connectivity index (χ0v) is 20.9. The Hall–Kier alpha value is -5.10. The van der Waals surface area contributed by atoms with Crippen LogP contribution in [0.5, 0.6) is 0 Å². The van der Waals surface area contributed by atoms with Crippen LogP contribution in [0.3, 0.4) is 0 Å². The highest BCUT2D eigenvalue weighted by Gasteiger charge is 2.32. The first-order valence-electron chi connectivity index (χ1n) is 12.5. The first-order chi connectivity index (χ1) is 18.5. The van der Waals surface area contributed by atoms with Gasteiger partial charge in [0.1, 0.15) is 11.6 Å². The smallest absolute Gasteiger partial charge is 0.197 e. The van der Waals surface area contributed by atoms with Gasteiger partial charge in [0, 0.05) is 48.8 Å². The van der Waals surface area contributed by atoms with E-state index in [1.54, 1.807) is 0 Å². The number of hydrogen-bond acceptors (Lipinski definition) is 6. The summed E-state index contributed by atoms with van der Waals surface area (Å²) in [4.78, 5) is 31.8. The third-order valence-electron chi connectivity index (χ3n) is 7.41. The van der Waals surface area contributed by atoms with E-state index in [9.17, 15) is 9.59 Å². The van der Waals surface area contributed by atoms with E-state index in [0.717, 1.165) is 45.3 Å². The second-order valence-electron chi connectivity index (χ2n) is 9.71. The number of benzene rings is 2. The highest BCUT2D eigenvalue weighted by atomic mass is 16.1. The maximum Gasteiger partial charge on any atom is 0.197 e. The first kappa shape index (κ1) is 22.1. The normalized spacial score (nSPS) is 19.4. The number of nitrogens with one attached hydrogen (secondary N) is 2. The molecule has 0 atom stereocenters. The lowest BCUT2D eigenvalue weighted by molar-refractivity contribution is -0.111. The fourth-order valence-corrected chi connectivity index (χ4v) is 5.58. The molecule has 0 spiro atoms. The van der Waals surface area contributed by atoms with Gasteiger partial charge in [-0.15, -0.1) is 0 Å². The molecule has 0 radical (unpaired) electrons. The number of nitrogens with zero attached hydrogens (tertiary/aromatic N) is 2. The molecule has 6 nitrogen and oxygen atoms in total. The van der Waals surface area contributed by atoms with Gasteiger partial charge in [-0.05, 0) is 23.3 Å². The number of allylic oxidation sites excluding steroid dienone is 10. The van der Waals surface area contributed by atoms with E-state index >= 15 is 0 Å². The number of Topliss-reactive ketones (excluding diaryl/α,β-unsaturated/α-hetero) is 2. The summed E-state index contributed by atoms with van der Waals surface area (Å²) in [6.45, 7) is 0. The standard InChI is InChI=1S/C32H24N4O2/c1-35-17-27-21-11-5-6-12-22(21)28-18-36(2)32(34-28)26-16-8-14-24(30(26)38)20-10-4-3-9-19(20)23-13-7-15-25(29(23)37)31(35)33-27/h3-18,33-34H,1-2H3. The molecular weight excluding hydrogens is 472 g/mol. The molecule has 3 heterocycles. The Balaban J connectivity index is 1.50. The second kappa shape index (κ2) is 8.21. The van der Waals surface area contributed by atoms with Crippen molar-refractivity contribution in [2.45, 2.75) is 0 Å². The summed E-state index contributed by atoms with van der Waals surface area (Å²) in [5, 5.41) is 7.03. The number of carbonyl (C=O) groups is 2. The molecule has 7 rings (SSSR count). The molecule has 3 aliphatic heterocycles. The van der Waals surface area contributed by atoms with Crippen molar-refractivity contribution in [3.05, 3.63) is 142 Å². The highest BCUT2D eigenvalue weighted by Crippen LogP contribution is 2.38. The average Bonchev–Trinajstić information content (AvgIpc) is 3.51. The Labute approximate surface area is 220 Å². The van der Waals surface area contributed by atoms with Crippen molar-refractivity contribution in [1.29, 1.82) is 0 Å².